The Morgan fingerprint density at radius 2 is 1.71 bits per heavy atom. The summed E-state index contributed by atoms with van der Waals surface area (Å²) in [4.78, 5) is 16.9. The van der Waals surface area contributed by atoms with E-state index in [0.29, 0.717) is 22.8 Å². The number of carbonyl (C=O) groups excluding carboxylic acids is 1. The highest BCUT2D eigenvalue weighted by Gasteiger charge is 2.22. The minimum absolute atomic E-state index is 0.192. The van der Waals surface area contributed by atoms with E-state index in [4.69, 9.17) is 14.2 Å². The quantitative estimate of drug-likeness (QED) is 0.679. The van der Waals surface area contributed by atoms with E-state index in [-0.39, 0.29) is 11.9 Å². The summed E-state index contributed by atoms with van der Waals surface area (Å²) in [5, 5.41) is 3.00. The molecule has 1 aromatic heterocycles. The highest BCUT2D eigenvalue weighted by molar-refractivity contribution is 5.98. The van der Waals surface area contributed by atoms with E-state index in [2.05, 4.69) is 10.3 Å². The smallest absolute Gasteiger partial charge is 0.255 e. The lowest BCUT2D eigenvalue weighted by atomic mass is 10.1. The number of methoxy groups -OCH3 is 3. The van der Waals surface area contributed by atoms with E-state index in [9.17, 15) is 4.79 Å². The molecule has 0 fully saturated rings. The van der Waals surface area contributed by atoms with Crippen LogP contribution < -0.4 is 19.5 Å². The molecule has 0 spiro atoms. The van der Waals surface area contributed by atoms with Crippen LogP contribution in [0.25, 0.3) is 5.69 Å². The van der Waals surface area contributed by atoms with Crippen molar-refractivity contribution in [3.05, 3.63) is 66.2 Å². The van der Waals surface area contributed by atoms with Crippen LogP contribution in [0.1, 0.15) is 28.9 Å². The summed E-state index contributed by atoms with van der Waals surface area (Å²) in [6.07, 6.45) is 5.35. The number of hydrogen-bond acceptors (Lipinski definition) is 5. The highest BCUT2D eigenvalue weighted by Crippen LogP contribution is 2.39. The maximum absolute atomic E-state index is 12.8. The molecule has 0 saturated heterocycles. The number of imidazole rings is 1. The van der Waals surface area contributed by atoms with Gasteiger partial charge in [0.1, 0.15) is 0 Å². The number of benzene rings is 2. The van der Waals surface area contributed by atoms with Gasteiger partial charge in [0.25, 0.3) is 5.91 Å². The fourth-order valence-electron chi connectivity index (χ4n) is 2.98. The van der Waals surface area contributed by atoms with Gasteiger partial charge in [-0.25, -0.2) is 4.98 Å². The molecule has 1 atom stereocenters. The molecule has 1 heterocycles. The first-order valence-corrected chi connectivity index (χ1v) is 8.77. The van der Waals surface area contributed by atoms with Crippen LogP contribution in [0.3, 0.4) is 0 Å². The van der Waals surface area contributed by atoms with Gasteiger partial charge in [-0.2, -0.15) is 0 Å². The van der Waals surface area contributed by atoms with Crippen molar-refractivity contribution in [2.24, 2.45) is 0 Å². The standard InChI is InChI=1S/C21H23N3O4/c1-14(15-5-7-16(8-6-15)24-12-11-22-13-24)23-21(25)17-9-10-18(26-2)20(28-4)19(17)27-3/h5-14H,1-4H3,(H,23,25)/t14-/m0/s1. The van der Waals surface area contributed by atoms with Crippen LogP contribution in [-0.2, 0) is 0 Å². The molecule has 2 aromatic carbocycles. The van der Waals surface area contributed by atoms with Gasteiger partial charge in [0, 0.05) is 18.1 Å². The van der Waals surface area contributed by atoms with Crippen molar-refractivity contribution in [1.29, 1.82) is 0 Å². The molecular weight excluding hydrogens is 358 g/mol. The molecule has 0 saturated carbocycles. The van der Waals surface area contributed by atoms with Gasteiger partial charge in [-0.1, -0.05) is 12.1 Å². The van der Waals surface area contributed by atoms with Crippen molar-refractivity contribution >= 4 is 5.91 Å². The van der Waals surface area contributed by atoms with Gasteiger partial charge in [-0.05, 0) is 36.8 Å². The van der Waals surface area contributed by atoms with Gasteiger partial charge in [0.15, 0.2) is 11.5 Å². The average molecular weight is 381 g/mol. The number of nitrogens with zero attached hydrogens (tertiary/aromatic N) is 2. The summed E-state index contributed by atoms with van der Waals surface area (Å²) in [7, 11) is 4.53. The topological polar surface area (TPSA) is 74.6 Å². The number of hydrogen-bond donors (Lipinski definition) is 1. The Labute approximate surface area is 163 Å². The molecule has 0 aliphatic carbocycles. The van der Waals surface area contributed by atoms with E-state index >= 15 is 0 Å². The largest absolute Gasteiger partial charge is 0.493 e. The molecule has 0 aliphatic rings. The van der Waals surface area contributed by atoms with Crippen LogP contribution in [0.2, 0.25) is 0 Å². The van der Waals surface area contributed by atoms with E-state index in [0.717, 1.165) is 11.3 Å². The Balaban J connectivity index is 1.79. The van der Waals surface area contributed by atoms with Crippen LogP contribution >= 0.6 is 0 Å². The number of carbonyl (C=O) groups is 1. The van der Waals surface area contributed by atoms with Crippen LogP contribution in [0.5, 0.6) is 17.2 Å². The zero-order valence-electron chi connectivity index (χ0n) is 16.3. The second kappa shape index (κ2) is 8.47. The Hall–Kier alpha value is -3.48. The Morgan fingerprint density at radius 1 is 1.00 bits per heavy atom. The SMILES string of the molecule is COc1ccc(C(=O)N[C@@H](C)c2ccc(-n3ccnc3)cc2)c(OC)c1OC. The van der Waals surface area contributed by atoms with Gasteiger partial charge in [0.05, 0.1) is 39.3 Å². The number of nitrogens with one attached hydrogen (secondary N) is 1. The molecule has 0 bridgehead atoms. The molecule has 0 radical (unpaired) electrons. The monoisotopic (exact) mass is 381 g/mol. The van der Waals surface area contributed by atoms with Crippen molar-refractivity contribution in [2.75, 3.05) is 21.3 Å². The van der Waals surface area contributed by atoms with Crippen LogP contribution in [0, 0.1) is 0 Å². The first-order chi connectivity index (χ1) is 13.6. The van der Waals surface area contributed by atoms with Gasteiger partial charge in [0.2, 0.25) is 5.75 Å². The highest BCUT2D eigenvalue weighted by atomic mass is 16.5. The van der Waals surface area contributed by atoms with Gasteiger partial charge >= 0.3 is 0 Å². The number of aromatic nitrogens is 2. The van der Waals surface area contributed by atoms with Crippen molar-refractivity contribution in [1.82, 2.24) is 14.9 Å². The van der Waals surface area contributed by atoms with Gasteiger partial charge in [-0.3, -0.25) is 4.79 Å². The Bertz CT molecular complexity index is 937. The summed E-state index contributed by atoms with van der Waals surface area (Å²) in [6, 6.07) is 11.1. The lowest BCUT2D eigenvalue weighted by Gasteiger charge is -2.18. The number of amides is 1. The van der Waals surface area contributed by atoms with Gasteiger partial charge < -0.3 is 24.1 Å². The third kappa shape index (κ3) is 3.78. The lowest BCUT2D eigenvalue weighted by molar-refractivity contribution is 0.0936. The number of rotatable bonds is 7. The summed E-state index contributed by atoms with van der Waals surface area (Å²) >= 11 is 0. The molecule has 146 valence electrons. The maximum Gasteiger partial charge on any atom is 0.255 e. The second-order valence-electron chi connectivity index (χ2n) is 6.14. The van der Waals surface area contributed by atoms with Crippen molar-refractivity contribution in [3.8, 4) is 22.9 Å². The molecule has 0 aliphatic heterocycles. The summed E-state index contributed by atoms with van der Waals surface area (Å²) in [5.41, 5.74) is 2.36. The third-order valence-corrected chi connectivity index (χ3v) is 4.49. The minimum atomic E-state index is -0.260. The van der Waals surface area contributed by atoms with Gasteiger partial charge in [-0.15, -0.1) is 0 Å². The van der Waals surface area contributed by atoms with Crippen LogP contribution in [0.4, 0.5) is 0 Å². The molecule has 7 nitrogen and oxygen atoms in total. The average Bonchev–Trinajstić information content (AvgIpc) is 3.27. The second-order valence-corrected chi connectivity index (χ2v) is 6.14. The first kappa shape index (κ1) is 19.3. The van der Waals surface area contributed by atoms with E-state index in [1.54, 1.807) is 24.7 Å². The fourth-order valence-corrected chi connectivity index (χ4v) is 2.98. The van der Waals surface area contributed by atoms with E-state index in [1.165, 1.54) is 21.3 Å². The first-order valence-electron chi connectivity index (χ1n) is 8.77. The molecule has 1 N–H and O–H groups in total. The molecule has 3 aromatic rings. The number of ether oxygens (including phenoxy) is 3. The molecule has 7 heteroatoms. The predicted octanol–water partition coefficient (Wildman–Crippen LogP) is 3.39. The summed E-state index contributed by atoms with van der Waals surface area (Å²) < 4.78 is 17.9. The van der Waals surface area contributed by atoms with Crippen molar-refractivity contribution in [2.45, 2.75) is 13.0 Å². The maximum atomic E-state index is 12.8. The van der Waals surface area contributed by atoms with Crippen molar-refractivity contribution < 1.29 is 19.0 Å². The zero-order valence-corrected chi connectivity index (χ0v) is 16.3. The van der Waals surface area contributed by atoms with E-state index < -0.39 is 0 Å². The minimum Gasteiger partial charge on any atom is -0.493 e. The van der Waals surface area contributed by atoms with E-state index in [1.807, 2.05) is 42.0 Å². The Kier molecular flexibility index (Phi) is 5.84. The van der Waals surface area contributed by atoms with Crippen LogP contribution in [-0.4, -0.2) is 36.8 Å². The fraction of sp³-hybridized carbons (Fsp3) is 0.238. The van der Waals surface area contributed by atoms with Crippen LogP contribution in [0.15, 0.2) is 55.1 Å². The third-order valence-electron chi connectivity index (χ3n) is 4.49. The molecular formula is C21H23N3O4. The lowest BCUT2D eigenvalue weighted by Crippen LogP contribution is -2.27. The zero-order chi connectivity index (χ0) is 20.1. The summed E-state index contributed by atoms with van der Waals surface area (Å²) in [6.45, 7) is 1.93. The molecule has 1 amide bonds. The Morgan fingerprint density at radius 3 is 2.29 bits per heavy atom. The molecule has 3 rings (SSSR count). The summed E-state index contributed by atoms with van der Waals surface area (Å²) in [5.74, 6) is 0.958. The van der Waals surface area contributed by atoms with Crippen molar-refractivity contribution in [3.63, 3.8) is 0 Å². The molecule has 0 unspecified atom stereocenters. The molecule has 28 heavy (non-hydrogen) atoms. The predicted molar refractivity (Wildman–Crippen MR) is 106 cm³/mol. The normalized spacial score (nSPS) is 11.6.